The number of aliphatic imine (C=N–C) groups is 1. The molecule has 4 N–H and O–H groups in total. The van der Waals surface area contributed by atoms with Crippen molar-refractivity contribution in [1.82, 2.24) is 15.9 Å². The van der Waals surface area contributed by atoms with E-state index in [1.165, 1.54) is 7.11 Å². The maximum atomic E-state index is 13.6. The summed E-state index contributed by atoms with van der Waals surface area (Å²) in [6, 6.07) is 9.00. The van der Waals surface area contributed by atoms with Gasteiger partial charge in [0.05, 0.1) is 48.7 Å². The molecule has 12 nitrogen and oxygen atoms in total. The molecule has 0 radical (unpaired) electrons. The van der Waals surface area contributed by atoms with Gasteiger partial charge in [0, 0.05) is 25.4 Å². The maximum Gasteiger partial charge on any atom is 0.255 e. The first kappa shape index (κ1) is 33.1. The Morgan fingerprint density at radius 3 is 2.57 bits per heavy atom. The number of likely N-dealkylation sites (N-methyl/N-ethyl adjacent to an activating group) is 1. The number of rotatable bonds is 12. The van der Waals surface area contributed by atoms with Crippen LogP contribution < -0.4 is 30.7 Å². The van der Waals surface area contributed by atoms with E-state index in [4.69, 9.17) is 9.47 Å². The van der Waals surface area contributed by atoms with E-state index in [1.807, 2.05) is 58.1 Å². The molecule has 13 heteroatoms. The van der Waals surface area contributed by atoms with Crippen molar-refractivity contribution in [2.45, 2.75) is 58.9 Å². The van der Waals surface area contributed by atoms with Gasteiger partial charge in [-0.3, -0.25) is 19.5 Å². The third kappa shape index (κ3) is 7.82. The fourth-order valence-corrected chi connectivity index (χ4v) is 5.50. The predicted octanol–water partition coefficient (Wildman–Crippen LogP) is 4.12. The van der Waals surface area contributed by atoms with Gasteiger partial charge in [0.15, 0.2) is 5.75 Å². The predicted molar refractivity (Wildman–Crippen MR) is 176 cm³/mol. The van der Waals surface area contributed by atoms with E-state index in [1.54, 1.807) is 18.2 Å². The molecule has 0 aliphatic carbocycles. The lowest BCUT2D eigenvalue weighted by molar-refractivity contribution is 0.102. The number of nitrogens with zero attached hydrogens (tertiary/aromatic N) is 3. The second-order valence-electron chi connectivity index (χ2n) is 12.2. The number of carbonyl (C=O) groups is 1. The van der Waals surface area contributed by atoms with E-state index in [9.17, 15) is 13.2 Å². The van der Waals surface area contributed by atoms with Gasteiger partial charge >= 0.3 is 0 Å². The van der Waals surface area contributed by atoms with Crippen molar-refractivity contribution in [3.05, 3.63) is 58.9 Å². The molecule has 0 fully saturated rings. The van der Waals surface area contributed by atoms with Gasteiger partial charge in [-0.1, -0.05) is 40.2 Å². The molecule has 0 aromatic heterocycles. The molecule has 0 spiro atoms. The minimum atomic E-state index is -3.60. The number of amides is 1. The fourth-order valence-electron chi connectivity index (χ4n) is 4.95. The van der Waals surface area contributed by atoms with Gasteiger partial charge in [-0.25, -0.2) is 8.42 Å². The van der Waals surface area contributed by atoms with Crippen molar-refractivity contribution in [3.8, 4) is 5.75 Å². The van der Waals surface area contributed by atoms with Crippen molar-refractivity contribution >= 4 is 38.8 Å². The van der Waals surface area contributed by atoms with Crippen LogP contribution in [0.5, 0.6) is 5.75 Å². The van der Waals surface area contributed by atoms with Crippen LogP contribution in [0.25, 0.3) is 0 Å². The maximum absolute atomic E-state index is 13.6. The Balaban J connectivity index is 1.55. The summed E-state index contributed by atoms with van der Waals surface area (Å²) in [5.41, 5.74) is 10.7. The van der Waals surface area contributed by atoms with Crippen LogP contribution in [0.2, 0.25) is 0 Å². The molecule has 240 valence electrons. The summed E-state index contributed by atoms with van der Waals surface area (Å²) in [6.45, 7) is 12.0. The number of anilines is 3. The summed E-state index contributed by atoms with van der Waals surface area (Å²) >= 11 is 0. The molecule has 0 saturated carbocycles. The Labute approximate surface area is 260 Å². The highest BCUT2D eigenvalue weighted by Gasteiger charge is 2.31. The number of aryl methyl sites for hydroxylation is 1. The summed E-state index contributed by atoms with van der Waals surface area (Å²) < 4.78 is 38.0. The lowest BCUT2D eigenvalue weighted by Gasteiger charge is -2.24. The van der Waals surface area contributed by atoms with Crippen LogP contribution in [0.15, 0.2) is 47.2 Å². The number of unbranched alkanes of at least 4 members (excludes halogenated alkanes) is 1. The van der Waals surface area contributed by atoms with Crippen LogP contribution in [0.1, 0.15) is 62.0 Å². The summed E-state index contributed by atoms with van der Waals surface area (Å²) in [4.78, 5) is 20.4. The number of hydrogen-bond donors (Lipinski definition) is 4. The zero-order chi connectivity index (χ0) is 32.2. The zero-order valence-electron chi connectivity index (χ0n) is 26.9. The van der Waals surface area contributed by atoms with Crippen molar-refractivity contribution in [3.63, 3.8) is 0 Å². The lowest BCUT2D eigenvalue weighted by atomic mass is 9.86. The average molecular weight is 628 g/mol. The van der Waals surface area contributed by atoms with E-state index >= 15 is 0 Å². The first-order chi connectivity index (χ1) is 20.7. The van der Waals surface area contributed by atoms with E-state index < -0.39 is 10.0 Å². The number of amidine groups is 1. The summed E-state index contributed by atoms with van der Waals surface area (Å²) in [5, 5.41) is 4.79. The molecular weight excluding hydrogens is 582 g/mol. The zero-order valence-corrected chi connectivity index (χ0v) is 27.7. The monoisotopic (exact) mass is 627 g/mol. The number of benzene rings is 2. The van der Waals surface area contributed by atoms with Crippen molar-refractivity contribution < 1.29 is 22.7 Å². The highest BCUT2D eigenvalue weighted by molar-refractivity contribution is 7.92. The van der Waals surface area contributed by atoms with Crippen LogP contribution in [0, 0.1) is 6.92 Å². The molecule has 2 aliphatic heterocycles. The van der Waals surface area contributed by atoms with Crippen LogP contribution in [-0.2, 0) is 20.2 Å². The van der Waals surface area contributed by atoms with Crippen molar-refractivity contribution in [2.75, 3.05) is 55.2 Å². The average Bonchev–Trinajstić information content (AvgIpc) is 3.56. The van der Waals surface area contributed by atoms with Gasteiger partial charge in [-0.15, -0.1) is 5.53 Å². The number of hydrazine groups is 2. The highest BCUT2D eigenvalue weighted by atomic mass is 32.2. The van der Waals surface area contributed by atoms with Gasteiger partial charge in [0.25, 0.3) is 5.91 Å². The first-order valence-corrected chi connectivity index (χ1v) is 16.6. The van der Waals surface area contributed by atoms with Gasteiger partial charge in [0.2, 0.25) is 10.0 Å². The number of nitrogens with one attached hydrogen (secondary N) is 4. The normalized spacial score (nSPS) is 16.9. The Hall–Kier alpha value is -3.81. The van der Waals surface area contributed by atoms with Gasteiger partial charge in [-0.05, 0) is 54.2 Å². The largest absolute Gasteiger partial charge is 0.492 e. The third-order valence-corrected chi connectivity index (χ3v) is 8.17. The molecular formula is C31H45N7O5S. The number of ether oxygens (including phenoxy) is 2. The van der Waals surface area contributed by atoms with E-state index in [0.717, 1.165) is 54.1 Å². The molecule has 2 aliphatic rings. The van der Waals surface area contributed by atoms with Crippen LogP contribution >= 0.6 is 0 Å². The number of sulfonamides is 1. The minimum Gasteiger partial charge on any atom is -0.492 e. The Kier molecular flexibility index (Phi) is 10.1. The molecule has 2 heterocycles. The SMILES string of the molecule is CCCCOCC1=NCC(C2=CN(c3cc(C(=O)Nc4cc(C(C)(C)C)cc(NS(C)(=O)=O)c4OC)ccc3C)NN2)N1C. The topological polar surface area (TPSA) is 137 Å². The quantitative estimate of drug-likeness (QED) is 0.256. The van der Waals surface area contributed by atoms with Gasteiger partial charge < -0.3 is 25.1 Å². The van der Waals surface area contributed by atoms with E-state index in [-0.39, 0.29) is 28.8 Å². The van der Waals surface area contributed by atoms with E-state index in [2.05, 4.69) is 37.8 Å². The van der Waals surface area contributed by atoms with Crippen LogP contribution in [-0.4, -0.2) is 71.3 Å². The third-order valence-electron chi connectivity index (χ3n) is 7.58. The molecule has 2 aromatic rings. The Bertz CT molecular complexity index is 1550. The van der Waals surface area contributed by atoms with Crippen molar-refractivity contribution in [2.24, 2.45) is 4.99 Å². The van der Waals surface area contributed by atoms with Gasteiger partial charge in [0.1, 0.15) is 12.4 Å². The van der Waals surface area contributed by atoms with Crippen LogP contribution in [0.3, 0.4) is 0 Å². The number of carbonyl (C=O) groups excluding carboxylic acids is 1. The molecule has 1 amide bonds. The van der Waals surface area contributed by atoms with E-state index in [0.29, 0.717) is 24.4 Å². The molecule has 44 heavy (non-hydrogen) atoms. The first-order valence-electron chi connectivity index (χ1n) is 14.7. The Morgan fingerprint density at radius 2 is 1.91 bits per heavy atom. The number of hydrogen-bond acceptors (Lipinski definition) is 10. The minimum absolute atomic E-state index is 0.0290. The second kappa shape index (κ2) is 13.4. The Morgan fingerprint density at radius 1 is 1.18 bits per heavy atom. The second-order valence-corrected chi connectivity index (χ2v) is 13.9. The molecule has 4 rings (SSSR count). The standard InChI is InChI=1S/C31H45N7O5S/c1-9-10-13-43-19-28-32-17-27(37(28)6)25-18-38(36-34-25)26-14-21(12-11-20(26)2)30(39)33-23-15-22(31(3,4)5)16-24(29(23)42-7)35-44(8,40)41/h11-12,14-16,18,27,34-36H,9-10,13,17,19H2,1-8H3,(H,33,39). The highest BCUT2D eigenvalue weighted by Crippen LogP contribution is 2.39. The van der Waals surface area contributed by atoms with Crippen molar-refractivity contribution in [1.29, 1.82) is 0 Å². The number of methoxy groups -OCH3 is 1. The van der Waals surface area contributed by atoms with Crippen LogP contribution in [0.4, 0.5) is 17.1 Å². The molecule has 2 aromatic carbocycles. The smallest absolute Gasteiger partial charge is 0.255 e. The fraction of sp³-hybridized carbons (Fsp3) is 0.484. The molecule has 1 unspecified atom stereocenters. The molecule has 0 bridgehead atoms. The summed E-state index contributed by atoms with van der Waals surface area (Å²) in [6.07, 6.45) is 5.16. The molecule has 1 atom stereocenters. The lowest BCUT2D eigenvalue weighted by Crippen LogP contribution is -2.42. The summed E-state index contributed by atoms with van der Waals surface area (Å²) in [7, 11) is -0.147. The summed E-state index contributed by atoms with van der Waals surface area (Å²) in [5.74, 6) is 0.775. The molecule has 0 saturated heterocycles. The van der Waals surface area contributed by atoms with Gasteiger partial charge in [-0.2, -0.15) is 0 Å².